The van der Waals surface area contributed by atoms with Gasteiger partial charge in [0, 0.05) is 25.3 Å². The van der Waals surface area contributed by atoms with Gasteiger partial charge in [0.15, 0.2) is 6.39 Å². The van der Waals surface area contributed by atoms with Gasteiger partial charge in [-0.15, -0.1) is 0 Å². The summed E-state index contributed by atoms with van der Waals surface area (Å²) in [6.45, 7) is 1.30. The highest BCUT2D eigenvalue weighted by atomic mass is 32.2. The summed E-state index contributed by atoms with van der Waals surface area (Å²) in [6.07, 6.45) is 5.17. The van der Waals surface area contributed by atoms with E-state index in [-0.39, 0.29) is 11.9 Å². The highest BCUT2D eigenvalue weighted by Gasteiger charge is 2.31. The average Bonchev–Trinajstić information content (AvgIpc) is 2.86. The van der Waals surface area contributed by atoms with Crippen molar-refractivity contribution in [3.63, 3.8) is 0 Å². The lowest BCUT2D eigenvalue weighted by atomic mass is 10.2. The number of carbonyl (C=O) groups is 2. The third kappa shape index (κ3) is 2.84. The Morgan fingerprint density at radius 3 is 3.00 bits per heavy atom. The van der Waals surface area contributed by atoms with Gasteiger partial charge < -0.3 is 9.32 Å². The van der Waals surface area contributed by atoms with Crippen molar-refractivity contribution in [3.8, 4) is 0 Å². The van der Waals surface area contributed by atoms with E-state index < -0.39 is 0 Å². The Labute approximate surface area is 109 Å². The molecule has 0 atom stereocenters. The lowest BCUT2D eigenvalue weighted by Gasteiger charge is -2.33. The summed E-state index contributed by atoms with van der Waals surface area (Å²) in [5, 5.41) is 0. The highest BCUT2D eigenvalue weighted by molar-refractivity contribution is 7.98. The van der Waals surface area contributed by atoms with Gasteiger partial charge in [-0.05, 0) is 6.26 Å². The predicted molar refractivity (Wildman–Crippen MR) is 67.0 cm³/mol. The molecule has 0 aromatic carbocycles. The summed E-state index contributed by atoms with van der Waals surface area (Å²) >= 11 is 1.61. The second kappa shape index (κ2) is 5.90. The third-order valence-corrected chi connectivity index (χ3v) is 3.34. The molecule has 0 radical (unpaired) electrons. The molecule has 1 aromatic rings. The van der Waals surface area contributed by atoms with Gasteiger partial charge in [-0.25, -0.2) is 9.78 Å². The van der Waals surface area contributed by atoms with Crippen LogP contribution in [-0.2, 0) is 11.3 Å². The largest absolute Gasteiger partial charge is 0.451 e. The average molecular weight is 269 g/mol. The minimum absolute atomic E-state index is 0.0922. The van der Waals surface area contributed by atoms with E-state index in [0.29, 0.717) is 31.7 Å². The summed E-state index contributed by atoms with van der Waals surface area (Å²) in [4.78, 5) is 30.8. The van der Waals surface area contributed by atoms with Crippen molar-refractivity contribution >= 4 is 23.7 Å². The number of urea groups is 1. The van der Waals surface area contributed by atoms with Crippen LogP contribution in [0.5, 0.6) is 0 Å². The van der Waals surface area contributed by atoms with Crippen LogP contribution in [0.4, 0.5) is 4.79 Å². The number of hydrogen-bond acceptors (Lipinski definition) is 5. The Balaban J connectivity index is 2.00. The summed E-state index contributed by atoms with van der Waals surface area (Å²) in [5.74, 6) is 0.667. The van der Waals surface area contributed by atoms with Crippen LogP contribution in [-0.4, -0.2) is 51.8 Å². The molecule has 0 unspecified atom stereocenters. The molecule has 1 saturated heterocycles. The minimum Gasteiger partial charge on any atom is -0.451 e. The zero-order chi connectivity index (χ0) is 13.0. The van der Waals surface area contributed by atoms with E-state index in [1.165, 1.54) is 17.6 Å². The first-order valence-electron chi connectivity index (χ1n) is 5.67. The van der Waals surface area contributed by atoms with Gasteiger partial charge >= 0.3 is 6.03 Å². The molecular weight excluding hydrogens is 254 g/mol. The standard InChI is InChI=1S/C11H15N3O3S/c1-18-5-4-14-10(15)2-3-13(11(14)16)6-9-7-17-8-12-9/h7-8H,2-6H2,1H3. The normalized spacial score (nSPS) is 16.5. The lowest BCUT2D eigenvalue weighted by Crippen LogP contribution is -2.52. The summed E-state index contributed by atoms with van der Waals surface area (Å²) in [7, 11) is 0. The van der Waals surface area contributed by atoms with Gasteiger partial charge in [0.1, 0.15) is 6.26 Å². The molecule has 2 heterocycles. The van der Waals surface area contributed by atoms with Gasteiger partial charge in [0.05, 0.1) is 12.2 Å². The monoisotopic (exact) mass is 269 g/mol. The molecule has 1 aliphatic rings. The number of carbonyl (C=O) groups excluding carboxylic acids is 2. The molecule has 98 valence electrons. The minimum atomic E-state index is -0.233. The van der Waals surface area contributed by atoms with Gasteiger partial charge in [0.25, 0.3) is 0 Å². The Kier molecular flexibility index (Phi) is 4.24. The van der Waals surface area contributed by atoms with E-state index in [0.717, 1.165) is 5.75 Å². The molecule has 0 spiro atoms. The van der Waals surface area contributed by atoms with Crippen molar-refractivity contribution in [2.45, 2.75) is 13.0 Å². The van der Waals surface area contributed by atoms with Crippen LogP contribution in [0.2, 0.25) is 0 Å². The van der Waals surface area contributed by atoms with E-state index in [4.69, 9.17) is 4.42 Å². The first kappa shape index (κ1) is 12.9. The summed E-state index contributed by atoms with van der Waals surface area (Å²) in [5.41, 5.74) is 0.697. The van der Waals surface area contributed by atoms with Gasteiger partial charge in [-0.1, -0.05) is 0 Å². The van der Waals surface area contributed by atoms with Crippen molar-refractivity contribution in [1.29, 1.82) is 0 Å². The fourth-order valence-electron chi connectivity index (χ4n) is 1.80. The molecule has 7 heteroatoms. The maximum Gasteiger partial charge on any atom is 0.327 e. The van der Waals surface area contributed by atoms with E-state index in [9.17, 15) is 9.59 Å². The first-order chi connectivity index (χ1) is 8.72. The number of amides is 3. The van der Waals surface area contributed by atoms with E-state index in [1.807, 2.05) is 6.26 Å². The number of thioether (sulfide) groups is 1. The van der Waals surface area contributed by atoms with Crippen molar-refractivity contribution in [2.75, 3.05) is 25.1 Å². The summed E-state index contributed by atoms with van der Waals surface area (Å²) < 4.78 is 4.87. The SMILES string of the molecule is CSCCN1C(=O)CCN(Cc2cocn2)C1=O. The Morgan fingerprint density at radius 1 is 1.50 bits per heavy atom. The molecule has 0 N–H and O–H groups in total. The molecule has 0 bridgehead atoms. The van der Waals surface area contributed by atoms with Gasteiger partial charge in [-0.2, -0.15) is 11.8 Å². The quantitative estimate of drug-likeness (QED) is 0.803. The number of oxazole rings is 1. The van der Waals surface area contributed by atoms with Crippen LogP contribution >= 0.6 is 11.8 Å². The fraction of sp³-hybridized carbons (Fsp3) is 0.545. The molecule has 0 aliphatic carbocycles. The molecule has 1 fully saturated rings. The number of nitrogens with zero attached hydrogens (tertiary/aromatic N) is 3. The number of aromatic nitrogens is 1. The first-order valence-corrected chi connectivity index (χ1v) is 7.07. The Hall–Kier alpha value is -1.50. The predicted octanol–water partition coefficient (Wildman–Crippen LogP) is 1.19. The highest BCUT2D eigenvalue weighted by Crippen LogP contribution is 2.14. The van der Waals surface area contributed by atoms with E-state index in [2.05, 4.69) is 4.98 Å². The molecule has 0 saturated carbocycles. The maximum absolute atomic E-state index is 12.1. The Bertz CT molecular complexity index is 421. The van der Waals surface area contributed by atoms with Crippen LogP contribution < -0.4 is 0 Å². The van der Waals surface area contributed by atoms with Crippen molar-refractivity contribution in [3.05, 3.63) is 18.4 Å². The van der Waals surface area contributed by atoms with Crippen molar-refractivity contribution in [2.24, 2.45) is 0 Å². The van der Waals surface area contributed by atoms with Gasteiger partial charge in [0.2, 0.25) is 5.91 Å². The maximum atomic E-state index is 12.1. The zero-order valence-electron chi connectivity index (χ0n) is 10.2. The smallest absolute Gasteiger partial charge is 0.327 e. The van der Waals surface area contributed by atoms with E-state index >= 15 is 0 Å². The van der Waals surface area contributed by atoms with Gasteiger partial charge in [-0.3, -0.25) is 9.69 Å². The van der Waals surface area contributed by atoms with Crippen molar-refractivity contribution < 1.29 is 14.0 Å². The topological polar surface area (TPSA) is 66.7 Å². The van der Waals surface area contributed by atoms with Crippen LogP contribution in [0.25, 0.3) is 0 Å². The lowest BCUT2D eigenvalue weighted by molar-refractivity contribution is -0.130. The second-order valence-corrected chi connectivity index (χ2v) is 4.96. The second-order valence-electron chi connectivity index (χ2n) is 3.97. The fourth-order valence-corrected chi connectivity index (χ4v) is 2.16. The van der Waals surface area contributed by atoms with Crippen LogP contribution in [0.1, 0.15) is 12.1 Å². The molecule has 3 amide bonds. The molecule has 1 aromatic heterocycles. The molecule has 2 rings (SSSR count). The third-order valence-electron chi connectivity index (χ3n) is 2.75. The molecule has 18 heavy (non-hydrogen) atoms. The Morgan fingerprint density at radius 2 is 2.33 bits per heavy atom. The molecule has 6 nitrogen and oxygen atoms in total. The van der Waals surface area contributed by atoms with E-state index in [1.54, 1.807) is 16.7 Å². The number of hydrogen-bond donors (Lipinski definition) is 0. The zero-order valence-corrected chi connectivity index (χ0v) is 11.0. The molecular formula is C11H15N3O3S. The summed E-state index contributed by atoms with van der Waals surface area (Å²) in [6, 6.07) is -0.233. The van der Waals surface area contributed by atoms with Crippen LogP contribution in [0.3, 0.4) is 0 Å². The number of rotatable bonds is 5. The number of imide groups is 1. The van der Waals surface area contributed by atoms with Crippen molar-refractivity contribution in [1.82, 2.24) is 14.8 Å². The molecule has 1 aliphatic heterocycles. The van der Waals surface area contributed by atoms with Crippen LogP contribution in [0, 0.1) is 0 Å². The van der Waals surface area contributed by atoms with Crippen LogP contribution in [0.15, 0.2) is 17.1 Å².